The quantitative estimate of drug-likeness (QED) is 0.650. The Morgan fingerprint density at radius 1 is 1.11 bits per heavy atom. The van der Waals surface area contributed by atoms with Crippen LogP contribution in [0.3, 0.4) is 0 Å². The Hall–Kier alpha value is -3.00. The standard InChI is InChI=1S/C27H30N2O5S/c1-27(25(32)29-13-14-35-22(15-29)24(30)31)12-6-11-23(27)28-26(33)34-16-21-19-9-4-2-7-17(19)18-8-3-5-10-20(18)21/h2-5,7-10,21-23H,6,11-16H2,1H3,(H,28,33)(H,30,31). The molecule has 0 radical (unpaired) electrons. The lowest BCUT2D eigenvalue weighted by atomic mass is 9.83. The zero-order valence-electron chi connectivity index (χ0n) is 19.7. The van der Waals surface area contributed by atoms with Crippen LogP contribution in [0.5, 0.6) is 0 Å². The van der Waals surface area contributed by atoms with Crippen molar-refractivity contribution in [1.29, 1.82) is 0 Å². The van der Waals surface area contributed by atoms with Crippen LogP contribution in [0.1, 0.15) is 43.2 Å². The fourth-order valence-electron chi connectivity index (χ4n) is 5.78. The lowest BCUT2D eigenvalue weighted by Gasteiger charge is -2.39. The van der Waals surface area contributed by atoms with Gasteiger partial charge in [-0.1, -0.05) is 55.0 Å². The van der Waals surface area contributed by atoms with Gasteiger partial charge in [0.15, 0.2) is 0 Å². The highest BCUT2D eigenvalue weighted by Crippen LogP contribution is 2.45. The molecule has 1 aliphatic heterocycles. The number of fused-ring (bicyclic) bond motifs is 3. The second kappa shape index (κ2) is 9.57. The van der Waals surface area contributed by atoms with Crippen molar-refractivity contribution in [3.63, 3.8) is 0 Å². The van der Waals surface area contributed by atoms with Crippen molar-refractivity contribution in [2.45, 2.75) is 43.4 Å². The molecule has 3 unspecified atom stereocenters. The number of alkyl carbamates (subject to hydrolysis) is 1. The number of nitrogens with one attached hydrogen (secondary N) is 1. The zero-order valence-corrected chi connectivity index (χ0v) is 20.6. The fraction of sp³-hybridized carbons (Fsp3) is 0.444. The Bertz CT molecular complexity index is 1110. The number of aliphatic carboxylic acids is 1. The van der Waals surface area contributed by atoms with Gasteiger partial charge in [0.2, 0.25) is 5.91 Å². The molecule has 2 aromatic rings. The van der Waals surface area contributed by atoms with Crippen LogP contribution in [0.4, 0.5) is 4.79 Å². The van der Waals surface area contributed by atoms with Crippen molar-refractivity contribution in [3.8, 4) is 11.1 Å². The van der Waals surface area contributed by atoms with Gasteiger partial charge in [0.05, 0.1) is 5.41 Å². The third-order valence-electron chi connectivity index (χ3n) is 7.71. The Kier molecular flexibility index (Phi) is 6.49. The van der Waals surface area contributed by atoms with Crippen LogP contribution < -0.4 is 5.32 Å². The minimum Gasteiger partial charge on any atom is -0.480 e. The lowest BCUT2D eigenvalue weighted by Crippen LogP contribution is -2.55. The molecule has 0 aromatic heterocycles. The molecule has 0 spiro atoms. The minimum absolute atomic E-state index is 0.0245. The first-order chi connectivity index (χ1) is 16.9. The molecule has 5 rings (SSSR count). The summed E-state index contributed by atoms with van der Waals surface area (Å²) in [7, 11) is 0. The van der Waals surface area contributed by atoms with Crippen LogP contribution in [0.2, 0.25) is 0 Å². The van der Waals surface area contributed by atoms with Crippen molar-refractivity contribution in [1.82, 2.24) is 10.2 Å². The summed E-state index contributed by atoms with van der Waals surface area (Å²) in [5.41, 5.74) is 3.88. The smallest absolute Gasteiger partial charge is 0.407 e. The minimum atomic E-state index is -0.891. The highest BCUT2D eigenvalue weighted by molar-refractivity contribution is 8.00. The number of benzene rings is 2. The normalized spacial score (nSPS) is 25.6. The number of hydrogen-bond donors (Lipinski definition) is 2. The first kappa shape index (κ1) is 23.7. The van der Waals surface area contributed by atoms with Gasteiger partial charge in [-0.25, -0.2) is 4.79 Å². The third-order valence-corrected chi connectivity index (χ3v) is 8.88. The van der Waals surface area contributed by atoms with Crippen molar-refractivity contribution in [3.05, 3.63) is 59.7 Å². The maximum absolute atomic E-state index is 13.5. The number of ether oxygens (including phenoxy) is 1. The summed E-state index contributed by atoms with van der Waals surface area (Å²) in [5.74, 6) is -0.394. The maximum atomic E-state index is 13.5. The van der Waals surface area contributed by atoms with Crippen molar-refractivity contribution < 1.29 is 24.2 Å². The monoisotopic (exact) mass is 494 g/mol. The Balaban J connectivity index is 1.24. The average molecular weight is 495 g/mol. The molecule has 3 aliphatic rings. The molecule has 2 aromatic carbocycles. The van der Waals surface area contributed by atoms with Gasteiger partial charge < -0.3 is 20.1 Å². The number of carbonyl (C=O) groups is 3. The predicted octanol–water partition coefficient (Wildman–Crippen LogP) is 4.11. The molecular weight excluding hydrogens is 464 g/mol. The van der Waals surface area contributed by atoms with E-state index in [-0.39, 0.29) is 31.0 Å². The number of carboxylic acids is 1. The second-order valence-electron chi connectivity index (χ2n) is 9.78. The van der Waals surface area contributed by atoms with Gasteiger partial charge in [-0.3, -0.25) is 9.59 Å². The average Bonchev–Trinajstić information content (AvgIpc) is 3.40. The van der Waals surface area contributed by atoms with Gasteiger partial charge in [-0.15, -0.1) is 11.8 Å². The van der Waals surface area contributed by atoms with E-state index in [1.807, 2.05) is 31.2 Å². The van der Waals surface area contributed by atoms with E-state index in [9.17, 15) is 19.5 Å². The van der Waals surface area contributed by atoms with Crippen molar-refractivity contribution in [2.75, 3.05) is 25.4 Å². The number of hydrogen-bond acceptors (Lipinski definition) is 5. The molecule has 0 bridgehead atoms. The molecule has 3 atom stereocenters. The molecule has 8 heteroatoms. The van der Waals surface area contributed by atoms with E-state index in [2.05, 4.69) is 29.6 Å². The molecule has 7 nitrogen and oxygen atoms in total. The number of thioether (sulfide) groups is 1. The number of rotatable bonds is 5. The van der Waals surface area contributed by atoms with E-state index in [1.54, 1.807) is 4.90 Å². The first-order valence-corrected chi connectivity index (χ1v) is 13.2. The van der Waals surface area contributed by atoms with Gasteiger partial charge >= 0.3 is 12.1 Å². The largest absolute Gasteiger partial charge is 0.480 e. The van der Waals surface area contributed by atoms with Gasteiger partial charge in [-0.2, -0.15) is 0 Å². The highest BCUT2D eigenvalue weighted by atomic mass is 32.2. The van der Waals surface area contributed by atoms with Crippen LogP contribution in [-0.2, 0) is 14.3 Å². The first-order valence-electron chi connectivity index (χ1n) is 12.1. The van der Waals surface area contributed by atoms with Gasteiger partial charge in [-0.05, 0) is 42.0 Å². The number of carboxylic acid groups (broad SMARTS) is 1. The van der Waals surface area contributed by atoms with Crippen molar-refractivity contribution in [2.24, 2.45) is 5.41 Å². The topological polar surface area (TPSA) is 95.9 Å². The highest BCUT2D eigenvalue weighted by Gasteiger charge is 2.48. The van der Waals surface area contributed by atoms with Crippen LogP contribution in [0, 0.1) is 5.41 Å². The molecule has 184 valence electrons. The molecular formula is C27H30N2O5S. The number of amides is 2. The Labute approximate surface area is 209 Å². The zero-order chi connectivity index (χ0) is 24.6. The van der Waals surface area contributed by atoms with Gasteiger partial charge in [0.25, 0.3) is 0 Å². The summed E-state index contributed by atoms with van der Waals surface area (Å²) in [4.78, 5) is 39.4. The number of carbonyl (C=O) groups excluding carboxylic acids is 2. The molecule has 2 N–H and O–H groups in total. The van der Waals surface area contributed by atoms with Crippen LogP contribution in [0.15, 0.2) is 48.5 Å². The summed E-state index contributed by atoms with van der Waals surface area (Å²) in [6, 6.07) is 16.0. The van der Waals surface area contributed by atoms with Crippen LogP contribution in [-0.4, -0.2) is 64.7 Å². The summed E-state index contributed by atoms with van der Waals surface area (Å²) in [5, 5.41) is 11.7. The summed E-state index contributed by atoms with van der Waals surface area (Å²) in [6.07, 6.45) is 1.65. The molecule has 35 heavy (non-hydrogen) atoms. The Morgan fingerprint density at radius 2 is 1.77 bits per heavy atom. The second-order valence-corrected chi connectivity index (χ2v) is 11.1. The molecule has 1 saturated carbocycles. The van der Waals surface area contributed by atoms with Crippen LogP contribution in [0.25, 0.3) is 11.1 Å². The molecule has 2 fully saturated rings. The Morgan fingerprint density at radius 3 is 2.43 bits per heavy atom. The number of nitrogens with zero attached hydrogens (tertiary/aromatic N) is 1. The van der Waals surface area contributed by atoms with E-state index >= 15 is 0 Å². The maximum Gasteiger partial charge on any atom is 0.407 e. The van der Waals surface area contributed by atoms with E-state index < -0.39 is 22.7 Å². The molecule has 1 saturated heterocycles. The van der Waals surface area contributed by atoms with Crippen molar-refractivity contribution >= 4 is 29.7 Å². The predicted molar refractivity (Wildman–Crippen MR) is 134 cm³/mol. The summed E-state index contributed by atoms with van der Waals surface area (Å²) in [6.45, 7) is 2.84. The van der Waals surface area contributed by atoms with Gasteiger partial charge in [0, 0.05) is 30.8 Å². The third kappa shape index (κ3) is 4.40. The molecule has 1 heterocycles. The lowest BCUT2D eigenvalue weighted by molar-refractivity contribution is -0.143. The molecule has 2 amide bonds. The van der Waals surface area contributed by atoms with E-state index in [1.165, 1.54) is 22.9 Å². The van der Waals surface area contributed by atoms with E-state index in [0.29, 0.717) is 25.1 Å². The summed E-state index contributed by atoms with van der Waals surface area (Å²) >= 11 is 1.37. The van der Waals surface area contributed by atoms with E-state index in [0.717, 1.165) is 17.5 Å². The summed E-state index contributed by atoms with van der Waals surface area (Å²) < 4.78 is 5.71. The fourth-order valence-corrected chi connectivity index (χ4v) is 6.82. The SMILES string of the molecule is CC1(C(=O)N2CCSC(C(=O)O)C2)CCCC1NC(=O)OCC1c2ccccc2-c2ccccc21. The van der Waals surface area contributed by atoms with E-state index in [4.69, 9.17) is 4.74 Å². The van der Waals surface area contributed by atoms with Gasteiger partial charge in [0.1, 0.15) is 11.9 Å². The molecule has 2 aliphatic carbocycles. The van der Waals surface area contributed by atoms with Crippen LogP contribution >= 0.6 is 11.8 Å².